The summed E-state index contributed by atoms with van der Waals surface area (Å²) in [6, 6.07) is 7.19. The predicted molar refractivity (Wildman–Crippen MR) is 119 cm³/mol. The number of hydrogen-bond acceptors (Lipinski definition) is 6. The second kappa shape index (κ2) is 13.9. The van der Waals surface area contributed by atoms with Crippen molar-refractivity contribution in [3.63, 3.8) is 0 Å². The van der Waals surface area contributed by atoms with Crippen molar-refractivity contribution >= 4 is 18.2 Å². The Morgan fingerprint density at radius 3 is 2.52 bits per heavy atom. The van der Waals surface area contributed by atoms with Gasteiger partial charge in [0.15, 0.2) is 0 Å². The fraction of sp³-hybridized carbons (Fsp3) is 0.455. The average Bonchev–Trinajstić information content (AvgIpc) is 2.81. The highest BCUT2D eigenvalue weighted by molar-refractivity contribution is 5.89. The molecule has 0 spiro atoms. The molecule has 2 aromatic heterocycles. The van der Waals surface area contributed by atoms with E-state index in [4.69, 9.17) is 14.6 Å². The van der Waals surface area contributed by atoms with Crippen molar-refractivity contribution in [3.05, 3.63) is 36.7 Å². The third kappa shape index (κ3) is 9.00. The van der Waals surface area contributed by atoms with E-state index < -0.39 is 0 Å². The molecule has 0 bridgehead atoms. The molecule has 9 heteroatoms. The molecule has 1 aliphatic rings. The summed E-state index contributed by atoms with van der Waals surface area (Å²) in [6.45, 7) is 4.02. The lowest BCUT2D eigenvalue weighted by Gasteiger charge is -2.26. The molecular formula is C22H31N5O4. The van der Waals surface area contributed by atoms with E-state index >= 15 is 0 Å². The molecular weight excluding hydrogens is 398 g/mol. The SMILES string of the molecule is COc1ccc(-c2ccc(NC(=O)NCCCCN3CCCCC3)cn2)cn1.O=CO. The second-order valence-electron chi connectivity index (χ2n) is 7.12. The van der Waals surface area contributed by atoms with E-state index in [2.05, 4.69) is 25.5 Å². The smallest absolute Gasteiger partial charge is 0.319 e. The summed E-state index contributed by atoms with van der Waals surface area (Å²) in [7, 11) is 1.58. The molecule has 0 aliphatic carbocycles. The minimum absolute atomic E-state index is 0.196. The van der Waals surface area contributed by atoms with Crippen LogP contribution >= 0.6 is 0 Å². The fourth-order valence-corrected chi connectivity index (χ4v) is 3.31. The molecule has 2 amide bonds. The van der Waals surface area contributed by atoms with Gasteiger partial charge in [-0.3, -0.25) is 9.78 Å². The Hall–Kier alpha value is -3.20. The summed E-state index contributed by atoms with van der Waals surface area (Å²) >= 11 is 0. The maximum Gasteiger partial charge on any atom is 0.319 e. The van der Waals surface area contributed by atoms with Crippen molar-refractivity contribution in [2.75, 3.05) is 38.6 Å². The Bertz CT molecular complexity index is 777. The van der Waals surface area contributed by atoms with Gasteiger partial charge in [-0.15, -0.1) is 0 Å². The van der Waals surface area contributed by atoms with Crippen molar-refractivity contribution < 1.29 is 19.4 Å². The molecule has 31 heavy (non-hydrogen) atoms. The lowest BCUT2D eigenvalue weighted by molar-refractivity contribution is -0.122. The van der Waals surface area contributed by atoms with E-state index in [1.165, 1.54) is 32.4 Å². The number of anilines is 1. The van der Waals surface area contributed by atoms with Gasteiger partial charge in [-0.2, -0.15) is 0 Å². The van der Waals surface area contributed by atoms with Crippen LogP contribution < -0.4 is 15.4 Å². The number of nitrogens with zero attached hydrogens (tertiary/aromatic N) is 3. The monoisotopic (exact) mass is 429 g/mol. The first-order valence-corrected chi connectivity index (χ1v) is 10.5. The van der Waals surface area contributed by atoms with Crippen molar-refractivity contribution in [3.8, 4) is 17.1 Å². The largest absolute Gasteiger partial charge is 0.483 e. The van der Waals surface area contributed by atoms with Gasteiger partial charge in [-0.25, -0.2) is 9.78 Å². The number of rotatable bonds is 8. The van der Waals surface area contributed by atoms with Gasteiger partial charge in [-0.1, -0.05) is 6.42 Å². The first kappa shape index (κ1) is 24.1. The van der Waals surface area contributed by atoms with Crippen LogP contribution in [0.2, 0.25) is 0 Å². The Morgan fingerprint density at radius 1 is 1.13 bits per heavy atom. The van der Waals surface area contributed by atoms with Crippen LogP contribution in [0.25, 0.3) is 11.3 Å². The highest BCUT2D eigenvalue weighted by atomic mass is 16.5. The molecule has 3 heterocycles. The number of urea groups is 1. The highest BCUT2D eigenvalue weighted by Crippen LogP contribution is 2.19. The summed E-state index contributed by atoms with van der Waals surface area (Å²) in [5.74, 6) is 0.564. The lowest BCUT2D eigenvalue weighted by Crippen LogP contribution is -2.32. The Balaban J connectivity index is 0.00000107. The quantitative estimate of drug-likeness (QED) is 0.436. The van der Waals surface area contributed by atoms with Crippen LogP contribution in [0.4, 0.5) is 10.5 Å². The number of hydrogen-bond donors (Lipinski definition) is 3. The number of carbonyl (C=O) groups excluding carboxylic acids is 1. The van der Waals surface area contributed by atoms with E-state index in [0.29, 0.717) is 18.1 Å². The summed E-state index contributed by atoms with van der Waals surface area (Å²) in [5, 5.41) is 12.6. The third-order valence-corrected chi connectivity index (χ3v) is 4.90. The molecule has 1 saturated heterocycles. The molecule has 9 nitrogen and oxygen atoms in total. The Kier molecular flexibility index (Phi) is 10.8. The summed E-state index contributed by atoms with van der Waals surface area (Å²) in [4.78, 5) is 31.5. The number of unbranched alkanes of at least 4 members (excludes halogenated alkanes) is 1. The van der Waals surface area contributed by atoms with Crippen LogP contribution in [0.15, 0.2) is 36.7 Å². The standard InChI is InChI=1S/C21H29N5O2.CH2O2/c1-28-20-10-7-17(15-24-20)19-9-8-18(16-23-19)25-21(27)22-11-3-6-14-26-12-4-2-5-13-26;2-1-3/h7-10,15-16H,2-6,11-14H2,1H3,(H2,22,25,27);1H,(H,2,3). The predicted octanol–water partition coefficient (Wildman–Crippen LogP) is 3.24. The summed E-state index contributed by atoms with van der Waals surface area (Å²) in [6.07, 6.45) is 9.48. The van der Waals surface area contributed by atoms with Crippen molar-refractivity contribution in [1.82, 2.24) is 20.2 Å². The number of aromatic nitrogens is 2. The minimum atomic E-state index is -0.250. The number of carboxylic acid groups (broad SMARTS) is 1. The van der Waals surface area contributed by atoms with Crippen LogP contribution in [0.1, 0.15) is 32.1 Å². The lowest BCUT2D eigenvalue weighted by atomic mass is 10.1. The number of carbonyl (C=O) groups is 2. The topological polar surface area (TPSA) is 117 Å². The van der Waals surface area contributed by atoms with E-state index in [1.807, 2.05) is 18.2 Å². The molecule has 2 aromatic rings. The van der Waals surface area contributed by atoms with Crippen LogP contribution in [0.5, 0.6) is 5.88 Å². The molecule has 0 radical (unpaired) electrons. The number of pyridine rings is 2. The number of piperidine rings is 1. The molecule has 0 aromatic carbocycles. The van der Waals surface area contributed by atoms with Gasteiger partial charge in [0, 0.05) is 24.4 Å². The number of likely N-dealkylation sites (tertiary alicyclic amines) is 1. The minimum Gasteiger partial charge on any atom is -0.483 e. The van der Waals surface area contributed by atoms with E-state index in [0.717, 1.165) is 30.6 Å². The van der Waals surface area contributed by atoms with Crippen LogP contribution in [0, 0.1) is 0 Å². The maximum absolute atomic E-state index is 12.0. The summed E-state index contributed by atoms with van der Waals surface area (Å²) in [5.41, 5.74) is 2.35. The Morgan fingerprint density at radius 2 is 1.90 bits per heavy atom. The van der Waals surface area contributed by atoms with Gasteiger partial charge in [0.05, 0.1) is 24.7 Å². The molecule has 1 fully saturated rings. The third-order valence-electron chi connectivity index (χ3n) is 4.90. The average molecular weight is 430 g/mol. The van der Waals surface area contributed by atoms with Crippen molar-refractivity contribution in [2.24, 2.45) is 0 Å². The summed E-state index contributed by atoms with van der Waals surface area (Å²) < 4.78 is 5.06. The number of ether oxygens (including phenoxy) is 1. The van der Waals surface area contributed by atoms with Crippen LogP contribution in [0.3, 0.4) is 0 Å². The highest BCUT2D eigenvalue weighted by Gasteiger charge is 2.09. The zero-order valence-corrected chi connectivity index (χ0v) is 17.9. The molecule has 0 saturated carbocycles. The second-order valence-corrected chi connectivity index (χ2v) is 7.12. The zero-order chi connectivity index (χ0) is 22.3. The zero-order valence-electron chi connectivity index (χ0n) is 17.9. The van der Waals surface area contributed by atoms with Gasteiger partial charge < -0.3 is 25.4 Å². The molecule has 1 aliphatic heterocycles. The number of nitrogens with one attached hydrogen (secondary N) is 2. The maximum atomic E-state index is 12.0. The first-order valence-electron chi connectivity index (χ1n) is 10.5. The normalized spacial score (nSPS) is 13.5. The van der Waals surface area contributed by atoms with Gasteiger partial charge in [0.1, 0.15) is 0 Å². The van der Waals surface area contributed by atoms with E-state index in [-0.39, 0.29) is 12.5 Å². The molecule has 168 valence electrons. The number of methoxy groups -OCH3 is 1. The molecule has 3 rings (SSSR count). The fourth-order valence-electron chi connectivity index (χ4n) is 3.31. The van der Waals surface area contributed by atoms with Crippen molar-refractivity contribution in [2.45, 2.75) is 32.1 Å². The van der Waals surface area contributed by atoms with E-state index in [1.54, 1.807) is 25.6 Å². The molecule has 0 atom stereocenters. The van der Waals surface area contributed by atoms with E-state index in [9.17, 15) is 4.79 Å². The van der Waals surface area contributed by atoms with Crippen LogP contribution in [-0.2, 0) is 4.79 Å². The van der Waals surface area contributed by atoms with Gasteiger partial charge in [0.25, 0.3) is 6.47 Å². The van der Waals surface area contributed by atoms with Gasteiger partial charge in [-0.05, 0) is 63.5 Å². The first-order chi connectivity index (χ1) is 15.2. The van der Waals surface area contributed by atoms with Gasteiger partial charge in [0.2, 0.25) is 5.88 Å². The van der Waals surface area contributed by atoms with Crippen LogP contribution in [-0.4, -0.2) is 65.8 Å². The van der Waals surface area contributed by atoms with Crippen molar-refractivity contribution in [1.29, 1.82) is 0 Å². The van der Waals surface area contributed by atoms with Gasteiger partial charge >= 0.3 is 6.03 Å². The number of amides is 2. The molecule has 0 unspecified atom stereocenters. The molecule has 3 N–H and O–H groups in total. The Labute approximate surface area is 182 Å².